The zero-order valence-electron chi connectivity index (χ0n) is 8.83. The number of nitrogen functional groups attached to an aromatic ring is 1. The maximum absolute atomic E-state index is 11.4. The zero-order valence-corrected chi connectivity index (χ0v) is 10.4. The molecular formula is C10H13ClN2O2S. The Morgan fingerprint density at radius 1 is 1.56 bits per heavy atom. The summed E-state index contributed by atoms with van der Waals surface area (Å²) in [4.78, 5) is 11.4. The van der Waals surface area contributed by atoms with Crippen LogP contribution in [0.25, 0.3) is 0 Å². The lowest BCUT2D eigenvalue weighted by atomic mass is 10.3. The Morgan fingerprint density at radius 3 is 2.88 bits per heavy atom. The minimum Gasteiger partial charge on any atom is -0.399 e. The number of benzene rings is 1. The van der Waals surface area contributed by atoms with Gasteiger partial charge in [-0.05, 0) is 18.2 Å². The first-order chi connectivity index (χ1) is 7.52. The number of nitrogens with one attached hydrogen (secondary N) is 1. The summed E-state index contributed by atoms with van der Waals surface area (Å²) in [5.74, 6) is 0.104. The molecule has 3 N–H and O–H groups in total. The molecule has 0 fully saturated rings. The monoisotopic (exact) mass is 260 g/mol. The van der Waals surface area contributed by atoms with Crippen LogP contribution in [0, 0.1) is 0 Å². The Labute approximate surface area is 102 Å². The number of carbonyl (C=O) groups is 1. The van der Waals surface area contributed by atoms with Crippen molar-refractivity contribution in [1.82, 2.24) is 0 Å². The molecule has 4 nitrogen and oxygen atoms in total. The summed E-state index contributed by atoms with van der Waals surface area (Å²) < 4.78 is 11.2. The van der Waals surface area contributed by atoms with E-state index >= 15 is 0 Å². The van der Waals surface area contributed by atoms with Crippen molar-refractivity contribution in [3.63, 3.8) is 0 Å². The van der Waals surface area contributed by atoms with Crippen LogP contribution >= 0.6 is 11.6 Å². The van der Waals surface area contributed by atoms with Gasteiger partial charge in [-0.1, -0.05) is 18.5 Å². The highest BCUT2D eigenvalue weighted by Crippen LogP contribution is 2.23. The SMILES string of the molecule is CCS(=O)CC(=O)Nc1cc(N)ccc1Cl. The van der Waals surface area contributed by atoms with Crippen molar-refractivity contribution in [2.75, 3.05) is 22.6 Å². The van der Waals surface area contributed by atoms with Gasteiger partial charge in [-0.3, -0.25) is 9.00 Å². The van der Waals surface area contributed by atoms with Crippen LogP contribution in [0.2, 0.25) is 5.02 Å². The van der Waals surface area contributed by atoms with Crippen molar-refractivity contribution < 1.29 is 9.00 Å². The molecule has 88 valence electrons. The van der Waals surface area contributed by atoms with Crippen LogP contribution in [-0.4, -0.2) is 21.6 Å². The van der Waals surface area contributed by atoms with E-state index in [1.807, 2.05) is 0 Å². The fourth-order valence-corrected chi connectivity index (χ4v) is 1.81. The lowest BCUT2D eigenvalue weighted by Crippen LogP contribution is -2.20. The molecule has 0 aliphatic heterocycles. The topological polar surface area (TPSA) is 72.2 Å². The number of hydrogen-bond donors (Lipinski definition) is 2. The van der Waals surface area contributed by atoms with Crippen LogP contribution in [0.3, 0.4) is 0 Å². The van der Waals surface area contributed by atoms with E-state index in [0.29, 0.717) is 22.2 Å². The second kappa shape index (κ2) is 5.86. The van der Waals surface area contributed by atoms with Crippen LogP contribution in [0.15, 0.2) is 18.2 Å². The van der Waals surface area contributed by atoms with Gasteiger partial charge in [0.1, 0.15) is 5.75 Å². The van der Waals surface area contributed by atoms with Crippen molar-refractivity contribution in [3.05, 3.63) is 23.2 Å². The summed E-state index contributed by atoms with van der Waals surface area (Å²) in [7, 11) is -1.13. The van der Waals surface area contributed by atoms with Gasteiger partial charge in [0.15, 0.2) is 0 Å². The highest BCUT2D eigenvalue weighted by Gasteiger charge is 2.08. The van der Waals surface area contributed by atoms with Crippen LogP contribution in [0.1, 0.15) is 6.92 Å². The maximum Gasteiger partial charge on any atom is 0.237 e. The van der Waals surface area contributed by atoms with E-state index in [1.54, 1.807) is 25.1 Å². The zero-order chi connectivity index (χ0) is 12.1. The molecule has 1 atom stereocenters. The quantitative estimate of drug-likeness (QED) is 0.809. The third kappa shape index (κ3) is 3.83. The molecule has 0 aliphatic carbocycles. The predicted octanol–water partition coefficient (Wildman–Crippen LogP) is 1.63. The van der Waals surface area contributed by atoms with E-state index in [0.717, 1.165) is 0 Å². The minimum absolute atomic E-state index is 0.0262. The largest absolute Gasteiger partial charge is 0.399 e. The summed E-state index contributed by atoms with van der Waals surface area (Å²) in [5, 5.41) is 2.98. The summed E-state index contributed by atoms with van der Waals surface area (Å²) >= 11 is 5.86. The fraction of sp³-hybridized carbons (Fsp3) is 0.300. The molecule has 0 heterocycles. The fourth-order valence-electron chi connectivity index (χ4n) is 1.07. The predicted molar refractivity (Wildman–Crippen MR) is 68.0 cm³/mol. The number of halogens is 1. The highest BCUT2D eigenvalue weighted by atomic mass is 35.5. The first-order valence-electron chi connectivity index (χ1n) is 4.72. The summed E-state index contributed by atoms with van der Waals surface area (Å²) in [6.45, 7) is 1.76. The Hall–Kier alpha value is -1.07. The van der Waals surface area contributed by atoms with Gasteiger partial charge in [-0.2, -0.15) is 0 Å². The number of nitrogens with two attached hydrogens (primary N) is 1. The van der Waals surface area contributed by atoms with Crippen LogP contribution < -0.4 is 11.1 Å². The number of carbonyl (C=O) groups excluding carboxylic acids is 1. The summed E-state index contributed by atoms with van der Waals surface area (Å²) in [6.07, 6.45) is 0. The molecule has 6 heteroatoms. The van der Waals surface area contributed by atoms with E-state index in [4.69, 9.17) is 17.3 Å². The van der Waals surface area contributed by atoms with Gasteiger partial charge in [0.05, 0.1) is 10.7 Å². The molecular weight excluding hydrogens is 248 g/mol. The third-order valence-electron chi connectivity index (χ3n) is 1.88. The van der Waals surface area contributed by atoms with Crippen molar-refractivity contribution in [3.8, 4) is 0 Å². The molecule has 1 rings (SSSR count). The average molecular weight is 261 g/mol. The molecule has 0 spiro atoms. The van der Waals surface area contributed by atoms with E-state index in [1.165, 1.54) is 0 Å². The van der Waals surface area contributed by atoms with Gasteiger partial charge < -0.3 is 11.1 Å². The van der Waals surface area contributed by atoms with Gasteiger partial charge in [0.2, 0.25) is 5.91 Å². The maximum atomic E-state index is 11.4. The molecule has 0 aromatic heterocycles. The Morgan fingerprint density at radius 2 is 2.25 bits per heavy atom. The number of hydrogen-bond acceptors (Lipinski definition) is 3. The molecule has 1 aromatic carbocycles. The average Bonchev–Trinajstić information content (AvgIpc) is 2.23. The molecule has 1 aromatic rings. The molecule has 1 unspecified atom stereocenters. The first-order valence-corrected chi connectivity index (χ1v) is 6.59. The van der Waals surface area contributed by atoms with Crippen molar-refractivity contribution in [2.24, 2.45) is 0 Å². The number of rotatable bonds is 4. The Kier molecular flexibility index (Phi) is 4.76. The smallest absolute Gasteiger partial charge is 0.237 e. The van der Waals surface area contributed by atoms with Crippen LogP contribution in [-0.2, 0) is 15.6 Å². The van der Waals surface area contributed by atoms with Crippen molar-refractivity contribution in [1.29, 1.82) is 0 Å². The van der Waals surface area contributed by atoms with Crippen molar-refractivity contribution >= 4 is 39.7 Å². The van der Waals surface area contributed by atoms with Crippen LogP contribution in [0.4, 0.5) is 11.4 Å². The lowest BCUT2D eigenvalue weighted by Gasteiger charge is -2.07. The van der Waals surface area contributed by atoms with Crippen LogP contribution in [0.5, 0.6) is 0 Å². The van der Waals surface area contributed by atoms with E-state index in [9.17, 15) is 9.00 Å². The molecule has 16 heavy (non-hydrogen) atoms. The van der Waals surface area contributed by atoms with Crippen molar-refractivity contribution in [2.45, 2.75) is 6.92 Å². The van der Waals surface area contributed by atoms with Gasteiger partial charge in [0, 0.05) is 22.2 Å². The molecule has 0 aliphatic rings. The molecule has 0 radical (unpaired) electrons. The lowest BCUT2D eigenvalue weighted by molar-refractivity contribution is -0.113. The van der Waals surface area contributed by atoms with Gasteiger partial charge in [-0.25, -0.2) is 0 Å². The van der Waals surface area contributed by atoms with Gasteiger partial charge >= 0.3 is 0 Å². The summed E-state index contributed by atoms with van der Waals surface area (Å²) in [6, 6.07) is 4.81. The van der Waals surface area contributed by atoms with E-state index in [-0.39, 0.29) is 11.7 Å². The number of anilines is 2. The molecule has 1 amide bonds. The molecule has 0 bridgehead atoms. The highest BCUT2D eigenvalue weighted by molar-refractivity contribution is 7.85. The minimum atomic E-state index is -1.13. The number of amides is 1. The standard InChI is InChI=1S/C10H13ClN2O2S/c1-2-16(15)6-10(14)13-9-5-7(12)3-4-8(9)11/h3-5H,2,6,12H2,1H3,(H,13,14). The van der Waals surface area contributed by atoms with Gasteiger partial charge in [0.25, 0.3) is 0 Å². The van der Waals surface area contributed by atoms with E-state index in [2.05, 4.69) is 5.32 Å². The van der Waals surface area contributed by atoms with E-state index < -0.39 is 10.8 Å². The third-order valence-corrected chi connectivity index (χ3v) is 3.44. The normalized spacial score (nSPS) is 12.1. The second-order valence-corrected chi connectivity index (χ2v) is 5.31. The second-order valence-electron chi connectivity index (χ2n) is 3.16. The molecule has 0 saturated heterocycles. The Balaban J connectivity index is 2.69. The molecule has 0 saturated carbocycles. The first kappa shape index (κ1) is 13.0. The van der Waals surface area contributed by atoms with Gasteiger partial charge in [-0.15, -0.1) is 0 Å². The summed E-state index contributed by atoms with van der Waals surface area (Å²) in [5.41, 5.74) is 6.52. The Bertz CT molecular complexity index is 423.